The number of nitrogens with zero attached hydrogens (tertiary/aromatic N) is 6. The highest BCUT2D eigenvalue weighted by Gasteiger charge is 2.24. The molecule has 248 valence electrons. The molecule has 13 nitrogen and oxygen atoms in total. The van der Waals surface area contributed by atoms with Gasteiger partial charge in [0.2, 0.25) is 11.8 Å². The molecule has 0 spiro atoms. The number of pyridine rings is 1. The van der Waals surface area contributed by atoms with Crippen molar-refractivity contribution in [3.63, 3.8) is 0 Å². The fourth-order valence-electron chi connectivity index (χ4n) is 5.48. The number of fused-ring (bicyclic) bond motifs is 1. The van der Waals surface area contributed by atoms with Crippen molar-refractivity contribution in [3.8, 4) is 5.75 Å². The maximum Gasteiger partial charge on any atom is 0.328 e. The summed E-state index contributed by atoms with van der Waals surface area (Å²) in [6.07, 6.45) is 6.66. The van der Waals surface area contributed by atoms with Crippen molar-refractivity contribution in [2.24, 2.45) is 0 Å². The molecule has 6 rings (SSSR count). The number of halogens is 2. The summed E-state index contributed by atoms with van der Waals surface area (Å²) >= 11 is 5.94. The van der Waals surface area contributed by atoms with Gasteiger partial charge in [-0.05, 0) is 36.4 Å². The van der Waals surface area contributed by atoms with Crippen LogP contribution in [0.25, 0.3) is 10.9 Å². The van der Waals surface area contributed by atoms with E-state index >= 15 is 0 Å². The zero-order valence-corrected chi connectivity index (χ0v) is 26.8. The van der Waals surface area contributed by atoms with Crippen LogP contribution in [-0.4, -0.2) is 89.0 Å². The van der Waals surface area contributed by atoms with Gasteiger partial charge in [0.25, 0.3) is 0 Å². The average molecular weight is 674 g/mol. The molecule has 2 saturated heterocycles. The van der Waals surface area contributed by atoms with E-state index in [9.17, 15) is 18.8 Å². The van der Waals surface area contributed by atoms with Gasteiger partial charge in [0.05, 0.1) is 40.9 Å². The van der Waals surface area contributed by atoms with Crippen LogP contribution in [0, 0.1) is 5.82 Å². The van der Waals surface area contributed by atoms with Crippen LogP contribution < -0.4 is 25.6 Å². The van der Waals surface area contributed by atoms with Gasteiger partial charge in [-0.1, -0.05) is 17.7 Å². The van der Waals surface area contributed by atoms with Crippen molar-refractivity contribution in [3.05, 3.63) is 83.7 Å². The predicted molar refractivity (Wildman–Crippen MR) is 180 cm³/mol. The zero-order valence-electron chi connectivity index (χ0n) is 26.1. The lowest BCUT2D eigenvalue weighted by Gasteiger charge is -2.34. The van der Waals surface area contributed by atoms with Crippen molar-refractivity contribution < 1.29 is 23.5 Å². The van der Waals surface area contributed by atoms with E-state index in [4.69, 9.17) is 16.3 Å². The number of hydrogen-bond donors (Lipinski definition) is 3. The summed E-state index contributed by atoms with van der Waals surface area (Å²) in [7, 11) is 1.51. The third-order valence-electron chi connectivity index (χ3n) is 8.05. The number of carbonyl (C=O) groups is 3. The van der Waals surface area contributed by atoms with Crippen LogP contribution in [0.4, 0.5) is 32.1 Å². The second kappa shape index (κ2) is 14.7. The lowest BCUT2D eigenvalue weighted by atomic mass is 10.1. The van der Waals surface area contributed by atoms with Gasteiger partial charge in [-0.25, -0.2) is 19.2 Å². The Kier molecular flexibility index (Phi) is 10.0. The van der Waals surface area contributed by atoms with Crippen LogP contribution >= 0.6 is 11.6 Å². The normalized spacial score (nSPS) is 15.9. The van der Waals surface area contributed by atoms with Gasteiger partial charge in [0.15, 0.2) is 0 Å². The number of carbonyl (C=O) groups excluding carboxylic acids is 3. The third-order valence-corrected chi connectivity index (χ3v) is 8.34. The zero-order chi connectivity index (χ0) is 33.6. The van der Waals surface area contributed by atoms with Gasteiger partial charge in [0, 0.05) is 75.5 Å². The van der Waals surface area contributed by atoms with E-state index < -0.39 is 11.8 Å². The van der Waals surface area contributed by atoms with Crippen LogP contribution in [0.1, 0.15) is 12.1 Å². The van der Waals surface area contributed by atoms with Gasteiger partial charge in [0.1, 0.15) is 23.7 Å². The number of methoxy groups -OCH3 is 1. The maximum atomic E-state index is 13.6. The summed E-state index contributed by atoms with van der Waals surface area (Å²) in [6, 6.07) is 11.0. The number of urea groups is 1. The Labute approximate surface area is 280 Å². The molecule has 0 atom stereocenters. The lowest BCUT2D eigenvalue weighted by molar-refractivity contribution is -0.120. The van der Waals surface area contributed by atoms with Crippen molar-refractivity contribution in [2.75, 3.05) is 61.9 Å². The summed E-state index contributed by atoms with van der Waals surface area (Å²) in [6.45, 7) is 5.00. The number of ether oxygens (including phenoxy) is 1. The summed E-state index contributed by atoms with van der Waals surface area (Å²) < 4.78 is 19.1. The highest BCUT2D eigenvalue weighted by molar-refractivity contribution is 6.31. The molecule has 2 aromatic heterocycles. The predicted octanol–water partition coefficient (Wildman–Crippen LogP) is 4.33. The number of benzene rings is 2. The quantitative estimate of drug-likeness (QED) is 0.208. The fraction of sp³-hybridized carbons (Fsp3) is 0.273. The van der Waals surface area contributed by atoms with E-state index in [1.165, 1.54) is 36.5 Å². The van der Waals surface area contributed by atoms with Crippen molar-refractivity contribution in [2.45, 2.75) is 13.0 Å². The van der Waals surface area contributed by atoms with Crippen molar-refractivity contribution in [1.82, 2.24) is 30.1 Å². The van der Waals surface area contributed by atoms with E-state index in [2.05, 4.69) is 40.7 Å². The van der Waals surface area contributed by atoms with E-state index in [1.807, 2.05) is 18.2 Å². The molecule has 48 heavy (non-hydrogen) atoms. The molecular formula is C33H33ClFN9O4. The Balaban J connectivity index is 1.00. The first-order valence-corrected chi connectivity index (χ1v) is 15.7. The molecular weight excluding hydrogens is 641 g/mol. The summed E-state index contributed by atoms with van der Waals surface area (Å²) in [5, 5.41) is 8.94. The number of aromatic nitrogens is 3. The number of nitrogens with one attached hydrogen (secondary N) is 3. The number of anilines is 4. The van der Waals surface area contributed by atoms with Gasteiger partial charge < -0.3 is 15.4 Å². The number of piperazine rings is 1. The van der Waals surface area contributed by atoms with Crippen LogP contribution in [0.5, 0.6) is 5.75 Å². The summed E-state index contributed by atoms with van der Waals surface area (Å²) in [5.41, 5.74) is 3.13. The lowest BCUT2D eigenvalue weighted by Crippen LogP contribution is -2.49. The van der Waals surface area contributed by atoms with Gasteiger partial charge in [-0.2, -0.15) is 0 Å². The second-order valence-corrected chi connectivity index (χ2v) is 11.7. The SMILES string of the molecule is COc1cc2ncnc(Nc3ccc(F)c(Cl)c3)c2cc1NC(=O)/C=C/CN1CCN(Cc2ccc(N3CCC(=O)NC3=O)cn2)CC1. The second-order valence-electron chi connectivity index (χ2n) is 11.3. The van der Waals surface area contributed by atoms with Crippen LogP contribution in [0.2, 0.25) is 5.02 Å². The topological polar surface area (TPSA) is 145 Å². The molecule has 4 aromatic rings. The first-order valence-electron chi connectivity index (χ1n) is 15.3. The van der Waals surface area contributed by atoms with E-state index in [1.54, 1.807) is 24.4 Å². The molecule has 2 aliphatic heterocycles. The molecule has 4 amide bonds. The Hall–Kier alpha value is -5.18. The molecule has 2 aliphatic rings. The minimum Gasteiger partial charge on any atom is -0.494 e. The monoisotopic (exact) mass is 673 g/mol. The molecule has 0 bridgehead atoms. The number of amides is 4. The number of rotatable bonds is 10. The molecule has 2 aromatic carbocycles. The van der Waals surface area contributed by atoms with Crippen LogP contribution in [-0.2, 0) is 16.1 Å². The molecule has 0 radical (unpaired) electrons. The molecule has 4 heterocycles. The Morgan fingerprint density at radius 3 is 2.58 bits per heavy atom. The smallest absolute Gasteiger partial charge is 0.328 e. The molecule has 0 saturated carbocycles. The molecule has 3 N–H and O–H groups in total. The highest BCUT2D eigenvalue weighted by Crippen LogP contribution is 2.33. The van der Waals surface area contributed by atoms with Gasteiger partial charge in [-0.3, -0.25) is 34.6 Å². The maximum absolute atomic E-state index is 13.6. The van der Waals surface area contributed by atoms with Crippen LogP contribution in [0.15, 0.2) is 67.1 Å². The van der Waals surface area contributed by atoms with E-state index in [0.717, 1.165) is 31.9 Å². The Morgan fingerprint density at radius 2 is 1.85 bits per heavy atom. The Bertz CT molecular complexity index is 1870. The molecule has 0 unspecified atom stereocenters. The first-order chi connectivity index (χ1) is 23.2. The van der Waals surface area contributed by atoms with Gasteiger partial charge >= 0.3 is 6.03 Å². The van der Waals surface area contributed by atoms with E-state index in [-0.39, 0.29) is 23.3 Å². The highest BCUT2D eigenvalue weighted by atomic mass is 35.5. The van der Waals surface area contributed by atoms with Crippen molar-refractivity contribution in [1.29, 1.82) is 0 Å². The third kappa shape index (κ3) is 7.85. The van der Waals surface area contributed by atoms with Crippen LogP contribution in [0.3, 0.4) is 0 Å². The summed E-state index contributed by atoms with van der Waals surface area (Å²) in [5.74, 6) is -0.215. The average Bonchev–Trinajstić information content (AvgIpc) is 3.08. The molecule has 15 heteroatoms. The standard InChI is InChI=1S/C33H33ClFN9O4/c1-48-29-17-27-24(32(38-20-37-27)39-21-5-7-26(35)25(34)15-21)16-28(29)40-30(45)3-2-9-42-11-13-43(14-12-42)19-22-4-6-23(18-36-22)44-10-8-31(46)41-33(44)47/h2-7,15-18,20H,8-14,19H2,1H3,(H,40,45)(H,37,38,39)(H,41,46,47)/b3-2+. The molecule has 0 aliphatic carbocycles. The fourth-order valence-corrected chi connectivity index (χ4v) is 5.66. The van der Waals surface area contributed by atoms with Gasteiger partial charge in [-0.15, -0.1) is 0 Å². The molecule has 2 fully saturated rings. The minimum atomic E-state index is -0.524. The summed E-state index contributed by atoms with van der Waals surface area (Å²) in [4.78, 5) is 55.6. The largest absolute Gasteiger partial charge is 0.494 e. The minimum absolute atomic E-state index is 0.0201. The van der Waals surface area contributed by atoms with E-state index in [0.29, 0.717) is 59.2 Å². The number of imide groups is 1. The number of hydrogen-bond acceptors (Lipinski definition) is 10. The Morgan fingerprint density at radius 1 is 1.04 bits per heavy atom. The van der Waals surface area contributed by atoms with Crippen molar-refractivity contribution >= 4 is 63.2 Å². The first kappa shape index (κ1) is 32.7.